The summed E-state index contributed by atoms with van der Waals surface area (Å²) >= 11 is 0. The van der Waals surface area contributed by atoms with E-state index in [1.807, 2.05) is 30.3 Å². The third-order valence-electron chi connectivity index (χ3n) is 4.81. The molecule has 1 aliphatic rings. The minimum atomic E-state index is -1.08. The molecule has 1 fully saturated rings. The smallest absolute Gasteiger partial charge is 0.408 e. The minimum absolute atomic E-state index is 0.237. The summed E-state index contributed by atoms with van der Waals surface area (Å²) in [6.07, 6.45) is 1.59. The molecule has 0 spiro atoms. The number of nitrogens with zero attached hydrogens (tertiary/aromatic N) is 1. The van der Waals surface area contributed by atoms with E-state index in [0.29, 0.717) is 32.2 Å². The first kappa shape index (κ1) is 20.2. The van der Waals surface area contributed by atoms with Gasteiger partial charge in [-0.2, -0.15) is 0 Å². The zero-order valence-electron chi connectivity index (χ0n) is 15.4. The number of benzene rings is 1. The summed E-state index contributed by atoms with van der Waals surface area (Å²) in [6, 6.07) is 8.90. The largest absolute Gasteiger partial charge is 0.465 e. The maximum atomic E-state index is 12.6. The molecule has 2 atom stereocenters. The van der Waals surface area contributed by atoms with Crippen LogP contribution in [0.2, 0.25) is 0 Å². The van der Waals surface area contributed by atoms with E-state index in [2.05, 4.69) is 5.32 Å². The van der Waals surface area contributed by atoms with Crippen molar-refractivity contribution in [1.82, 2.24) is 10.2 Å². The standard InChI is InChI=1S/C19H28N2O5/c1-25-17(26-2)13-15-9-6-10-16(21(15)19(23)24)18(22)20-12-11-14-7-4-3-5-8-14/h3-5,7-8,15-17H,6,9-13H2,1-2H3,(H,20,22)(H,23,24). The van der Waals surface area contributed by atoms with Gasteiger partial charge in [-0.05, 0) is 31.2 Å². The lowest BCUT2D eigenvalue weighted by Crippen LogP contribution is -2.56. The van der Waals surface area contributed by atoms with Gasteiger partial charge in [-0.25, -0.2) is 4.79 Å². The monoisotopic (exact) mass is 364 g/mol. The quantitative estimate of drug-likeness (QED) is 0.691. The first-order chi connectivity index (χ1) is 12.6. The van der Waals surface area contributed by atoms with Crippen LogP contribution in [0.3, 0.4) is 0 Å². The molecule has 2 unspecified atom stereocenters. The van der Waals surface area contributed by atoms with Gasteiger partial charge in [-0.1, -0.05) is 30.3 Å². The van der Waals surface area contributed by atoms with Gasteiger partial charge >= 0.3 is 6.09 Å². The number of methoxy groups -OCH3 is 2. The topological polar surface area (TPSA) is 88.1 Å². The van der Waals surface area contributed by atoms with Gasteiger partial charge in [0.05, 0.1) is 0 Å². The molecule has 0 bridgehead atoms. The fraction of sp³-hybridized carbons (Fsp3) is 0.579. The van der Waals surface area contributed by atoms with Crippen molar-refractivity contribution in [2.45, 2.75) is 50.5 Å². The third-order valence-corrected chi connectivity index (χ3v) is 4.81. The molecule has 7 nitrogen and oxygen atoms in total. The predicted octanol–water partition coefficient (Wildman–Crippen LogP) is 2.26. The molecule has 1 aliphatic heterocycles. The van der Waals surface area contributed by atoms with Crippen LogP contribution in [0.4, 0.5) is 4.79 Å². The highest BCUT2D eigenvalue weighted by Gasteiger charge is 2.39. The first-order valence-corrected chi connectivity index (χ1v) is 8.95. The maximum absolute atomic E-state index is 12.6. The van der Waals surface area contributed by atoms with E-state index in [4.69, 9.17) is 9.47 Å². The Bertz CT molecular complexity index is 577. The Labute approximate surface area is 154 Å². The average molecular weight is 364 g/mol. The van der Waals surface area contributed by atoms with Crippen LogP contribution in [0.1, 0.15) is 31.2 Å². The zero-order valence-corrected chi connectivity index (χ0v) is 15.4. The van der Waals surface area contributed by atoms with Crippen molar-refractivity contribution < 1.29 is 24.2 Å². The van der Waals surface area contributed by atoms with Gasteiger partial charge in [-0.3, -0.25) is 9.69 Å². The lowest BCUT2D eigenvalue weighted by atomic mass is 9.93. The van der Waals surface area contributed by atoms with Crippen LogP contribution in [0.15, 0.2) is 30.3 Å². The van der Waals surface area contributed by atoms with Crippen molar-refractivity contribution in [2.24, 2.45) is 0 Å². The van der Waals surface area contributed by atoms with E-state index >= 15 is 0 Å². The van der Waals surface area contributed by atoms with Gasteiger partial charge in [0.2, 0.25) is 5.91 Å². The van der Waals surface area contributed by atoms with Crippen LogP contribution < -0.4 is 5.32 Å². The van der Waals surface area contributed by atoms with Crippen LogP contribution in [0.25, 0.3) is 0 Å². The van der Waals surface area contributed by atoms with Gasteiger partial charge in [0.1, 0.15) is 6.04 Å². The predicted molar refractivity (Wildman–Crippen MR) is 96.9 cm³/mol. The molecule has 2 rings (SSSR count). The number of rotatable bonds is 8. The summed E-state index contributed by atoms with van der Waals surface area (Å²) in [5.41, 5.74) is 1.13. The molecule has 26 heavy (non-hydrogen) atoms. The lowest BCUT2D eigenvalue weighted by Gasteiger charge is -2.40. The summed E-state index contributed by atoms with van der Waals surface area (Å²) in [5.74, 6) is -0.237. The SMILES string of the molecule is COC(CC1CCCC(C(=O)NCCc2ccccc2)N1C(=O)O)OC. The second kappa shape index (κ2) is 10.1. The number of likely N-dealkylation sites (tertiary alicyclic amines) is 1. The molecular formula is C19H28N2O5. The molecular weight excluding hydrogens is 336 g/mol. The molecule has 0 aliphatic carbocycles. The zero-order chi connectivity index (χ0) is 18.9. The van der Waals surface area contributed by atoms with Crippen molar-refractivity contribution in [3.8, 4) is 0 Å². The van der Waals surface area contributed by atoms with Crippen LogP contribution in [-0.2, 0) is 20.7 Å². The average Bonchev–Trinajstić information content (AvgIpc) is 2.66. The molecule has 1 heterocycles. The van der Waals surface area contributed by atoms with Gasteiger partial charge < -0.3 is 19.9 Å². The number of ether oxygens (including phenoxy) is 2. The van der Waals surface area contributed by atoms with Gasteiger partial charge in [0.25, 0.3) is 0 Å². The van der Waals surface area contributed by atoms with Crippen LogP contribution in [0, 0.1) is 0 Å². The van der Waals surface area contributed by atoms with Gasteiger partial charge in [0, 0.05) is 33.2 Å². The summed E-state index contributed by atoms with van der Waals surface area (Å²) in [4.78, 5) is 25.7. The number of piperidine rings is 1. The molecule has 144 valence electrons. The lowest BCUT2D eigenvalue weighted by molar-refractivity contribution is -0.134. The maximum Gasteiger partial charge on any atom is 0.408 e. The second-order valence-electron chi connectivity index (χ2n) is 6.45. The number of nitrogens with one attached hydrogen (secondary N) is 1. The number of hydrogen-bond donors (Lipinski definition) is 2. The van der Waals surface area contributed by atoms with Crippen molar-refractivity contribution >= 4 is 12.0 Å². The molecule has 2 N–H and O–H groups in total. The van der Waals surface area contributed by atoms with Crippen LogP contribution >= 0.6 is 0 Å². The van der Waals surface area contributed by atoms with Gasteiger partial charge in [-0.15, -0.1) is 0 Å². The summed E-state index contributed by atoms with van der Waals surface area (Å²) in [6.45, 7) is 0.482. The number of amides is 2. The molecule has 0 saturated carbocycles. The normalized spacial score (nSPS) is 20.2. The number of carbonyl (C=O) groups is 2. The van der Waals surface area contributed by atoms with E-state index in [-0.39, 0.29) is 11.9 Å². The molecule has 1 saturated heterocycles. The Morgan fingerprint density at radius 3 is 2.54 bits per heavy atom. The van der Waals surface area contributed by atoms with E-state index in [0.717, 1.165) is 12.0 Å². The Kier molecular flexibility index (Phi) is 7.87. The summed E-state index contributed by atoms with van der Waals surface area (Å²) in [7, 11) is 3.05. The fourth-order valence-electron chi connectivity index (χ4n) is 3.46. The number of carboxylic acid groups (broad SMARTS) is 1. The third kappa shape index (κ3) is 5.44. The van der Waals surface area contributed by atoms with E-state index < -0.39 is 18.4 Å². The van der Waals surface area contributed by atoms with Crippen molar-refractivity contribution in [1.29, 1.82) is 0 Å². The van der Waals surface area contributed by atoms with Crippen molar-refractivity contribution in [3.63, 3.8) is 0 Å². The highest BCUT2D eigenvalue weighted by atomic mass is 16.7. The van der Waals surface area contributed by atoms with Crippen molar-refractivity contribution in [2.75, 3.05) is 20.8 Å². The first-order valence-electron chi connectivity index (χ1n) is 8.95. The Morgan fingerprint density at radius 1 is 1.23 bits per heavy atom. The molecule has 2 amide bonds. The summed E-state index contributed by atoms with van der Waals surface area (Å²) < 4.78 is 10.4. The highest BCUT2D eigenvalue weighted by molar-refractivity contribution is 5.85. The molecule has 0 aromatic heterocycles. The highest BCUT2D eigenvalue weighted by Crippen LogP contribution is 2.27. The Hall–Kier alpha value is -2.12. The minimum Gasteiger partial charge on any atom is -0.465 e. The summed E-state index contributed by atoms with van der Waals surface area (Å²) in [5, 5.41) is 12.5. The number of hydrogen-bond acceptors (Lipinski definition) is 4. The molecule has 0 radical (unpaired) electrons. The molecule has 1 aromatic carbocycles. The molecule has 7 heteroatoms. The number of carbonyl (C=O) groups excluding carboxylic acids is 1. The van der Waals surface area contributed by atoms with E-state index in [1.54, 1.807) is 0 Å². The van der Waals surface area contributed by atoms with Crippen LogP contribution in [0.5, 0.6) is 0 Å². The molecule has 1 aromatic rings. The second-order valence-corrected chi connectivity index (χ2v) is 6.45. The van der Waals surface area contributed by atoms with Gasteiger partial charge in [0.15, 0.2) is 6.29 Å². The Morgan fingerprint density at radius 2 is 1.92 bits per heavy atom. The van der Waals surface area contributed by atoms with Crippen molar-refractivity contribution in [3.05, 3.63) is 35.9 Å². The fourth-order valence-corrected chi connectivity index (χ4v) is 3.46. The van der Waals surface area contributed by atoms with Crippen LogP contribution in [-0.4, -0.2) is 61.1 Å². The van der Waals surface area contributed by atoms with E-state index in [9.17, 15) is 14.7 Å². The van der Waals surface area contributed by atoms with E-state index in [1.165, 1.54) is 19.1 Å². The Balaban J connectivity index is 1.96.